The molecule has 4 heteroatoms. The molecule has 1 heterocycles. The third-order valence-electron chi connectivity index (χ3n) is 3.03. The summed E-state index contributed by atoms with van der Waals surface area (Å²) in [5.41, 5.74) is 2.57. The van der Waals surface area contributed by atoms with Crippen LogP contribution in [-0.4, -0.2) is 24.2 Å². The van der Waals surface area contributed by atoms with Crippen LogP contribution in [0.3, 0.4) is 0 Å². The van der Waals surface area contributed by atoms with Gasteiger partial charge in [0.05, 0.1) is 36.5 Å². The number of benzene rings is 1. The van der Waals surface area contributed by atoms with E-state index >= 15 is 0 Å². The van der Waals surface area contributed by atoms with Gasteiger partial charge in [-0.25, -0.2) is 0 Å². The third-order valence-corrected chi connectivity index (χ3v) is 3.03. The topological polar surface area (TPSA) is 45.6 Å². The van der Waals surface area contributed by atoms with Gasteiger partial charge in [0.25, 0.3) is 0 Å². The highest BCUT2D eigenvalue weighted by Gasteiger charge is 2.10. The summed E-state index contributed by atoms with van der Waals surface area (Å²) in [6.07, 6.45) is 1.19. The summed E-state index contributed by atoms with van der Waals surface area (Å²) in [4.78, 5) is 6.25. The molecule has 2 rings (SSSR count). The maximum Gasteiger partial charge on any atom is 0.142 e. The minimum Gasteiger partial charge on any atom is -0.495 e. The van der Waals surface area contributed by atoms with Crippen molar-refractivity contribution in [1.82, 2.24) is 4.98 Å². The molecule has 0 aliphatic rings. The van der Waals surface area contributed by atoms with Gasteiger partial charge in [-0.2, -0.15) is 0 Å². The lowest BCUT2D eigenvalue weighted by Gasteiger charge is -2.21. The lowest BCUT2D eigenvalue weighted by molar-refractivity contribution is 0.194. The van der Waals surface area contributed by atoms with Gasteiger partial charge in [-0.3, -0.25) is 4.98 Å². The lowest BCUT2D eigenvalue weighted by Crippen LogP contribution is -2.11. The summed E-state index contributed by atoms with van der Waals surface area (Å²) in [5.74, 6) is 0.810. The highest BCUT2D eigenvalue weighted by molar-refractivity contribution is 5.67. The molecule has 0 aliphatic heterocycles. The van der Waals surface area contributed by atoms with Gasteiger partial charge in [-0.15, -0.1) is 0 Å². The van der Waals surface area contributed by atoms with E-state index in [9.17, 15) is 5.11 Å². The molecule has 2 aromatic rings. The van der Waals surface area contributed by atoms with E-state index in [0.29, 0.717) is 5.69 Å². The fraction of sp³-hybridized carbons (Fsp3) is 0.267. The van der Waals surface area contributed by atoms with Crippen LogP contribution in [0.25, 0.3) is 0 Å². The van der Waals surface area contributed by atoms with E-state index in [4.69, 9.17) is 4.74 Å². The summed E-state index contributed by atoms with van der Waals surface area (Å²) < 4.78 is 5.35. The van der Waals surface area contributed by atoms with Gasteiger partial charge in [-0.05, 0) is 31.2 Å². The first-order valence-electron chi connectivity index (χ1n) is 6.14. The van der Waals surface area contributed by atoms with Crippen molar-refractivity contribution in [2.75, 3.05) is 19.1 Å². The van der Waals surface area contributed by atoms with Gasteiger partial charge >= 0.3 is 0 Å². The normalized spacial score (nSPS) is 12.0. The Morgan fingerprint density at radius 3 is 2.53 bits per heavy atom. The maximum absolute atomic E-state index is 9.46. The first kappa shape index (κ1) is 13.4. The Morgan fingerprint density at radius 2 is 1.95 bits per heavy atom. The second-order valence-corrected chi connectivity index (χ2v) is 4.35. The molecule has 1 aromatic heterocycles. The Balaban J connectivity index is 2.30. The number of aliphatic hydroxyl groups is 1. The largest absolute Gasteiger partial charge is 0.495 e. The Bertz CT molecular complexity index is 538. The molecule has 0 fully saturated rings. The van der Waals surface area contributed by atoms with E-state index in [1.807, 2.05) is 48.3 Å². The van der Waals surface area contributed by atoms with E-state index in [1.54, 1.807) is 20.2 Å². The van der Waals surface area contributed by atoms with E-state index in [-0.39, 0.29) is 0 Å². The van der Waals surface area contributed by atoms with Crippen LogP contribution < -0.4 is 9.64 Å². The van der Waals surface area contributed by atoms with Gasteiger partial charge in [0.1, 0.15) is 5.75 Å². The van der Waals surface area contributed by atoms with Gasteiger partial charge in [-0.1, -0.05) is 12.1 Å². The van der Waals surface area contributed by atoms with Crippen molar-refractivity contribution in [3.05, 3.63) is 48.3 Å². The van der Waals surface area contributed by atoms with Crippen molar-refractivity contribution < 1.29 is 9.84 Å². The van der Waals surface area contributed by atoms with Crippen LogP contribution >= 0.6 is 0 Å². The van der Waals surface area contributed by atoms with E-state index in [0.717, 1.165) is 17.1 Å². The number of methoxy groups -OCH3 is 1. The number of aliphatic hydroxyl groups excluding tert-OH is 1. The van der Waals surface area contributed by atoms with Crippen LogP contribution in [-0.2, 0) is 0 Å². The van der Waals surface area contributed by atoms with Crippen LogP contribution in [0, 0.1) is 0 Å². The van der Waals surface area contributed by atoms with Crippen molar-refractivity contribution in [2.45, 2.75) is 13.0 Å². The highest BCUT2D eigenvalue weighted by atomic mass is 16.5. The minimum atomic E-state index is -0.550. The molecule has 4 nitrogen and oxygen atoms in total. The van der Waals surface area contributed by atoms with Crippen molar-refractivity contribution in [1.29, 1.82) is 0 Å². The standard InChI is InChI=1S/C15H18N2O2/c1-11(18)13-9-8-12(10-16-13)17(2)14-6-4-5-7-15(14)19-3/h4-11,18H,1-3H3/t11-/m0/s1. The van der Waals surface area contributed by atoms with Gasteiger partial charge < -0.3 is 14.7 Å². The molecular formula is C15H18N2O2. The van der Waals surface area contributed by atoms with Gasteiger partial charge in [0.2, 0.25) is 0 Å². The Morgan fingerprint density at radius 1 is 1.21 bits per heavy atom. The molecular weight excluding hydrogens is 240 g/mol. The number of nitrogens with zero attached hydrogens (tertiary/aromatic N) is 2. The second kappa shape index (κ2) is 5.71. The molecule has 100 valence electrons. The van der Waals surface area contributed by atoms with Crippen molar-refractivity contribution in [3.8, 4) is 5.75 Å². The molecule has 19 heavy (non-hydrogen) atoms. The number of hydrogen-bond acceptors (Lipinski definition) is 4. The van der Waals surface area contributed by atoms with Crippen molar-refractivity contribution >= 4 is 11.4 Å². The molecule has 0 aliphatic carbocycles. The summed E-state index contributed by atoms with van der Waals surface area (Å²) in [5, 5.41) is 9.46. The zero-order chi connectivity index (χ0) is 13.8. The molecule has 1 aromatic carbocycles. The van der Waals surface area contributed by atoms with Crippen LogP contribution in [0.4, 0.5) is 11.4 Å². The van der Waals surface area contributed by atoms with Crippen LogP contribution in [0.5, 0.6) is 5.75 Å². The molecule has 1 N–H and O–H groups in total. The van der Waals surface area contributed by atoms with Gasteiger partial charge in [0, 0.05) is 7.05 Å². The first-order valence-corrected chi connectivity index (χ1v) is 6.14. The maximum atomic E-state index is 9.46. The summed E-state index contributed by atoms with van der Waals surface area (Å²) in [6, 6.07) is 11.6. The minimum absolute atomic E-state index is 0.550. The quantitative estimate of drug-likeness (QED) is 0.916. The fourth-order valence-corrected chi connectivity index (χ4v) is 1.89. The number of ether oxygens (including phenoxy) is 1. The lowest BCUT2D eigenvalue weighted by atomic mass is 10.2. The number of hydrogen-bond donors (Lipinski definition) is 1. The van der Waals surface area contributed by atoms with E-state index < -0.39 is 6.10 Å². The second-order valence-electron chi connectivity index (χ2n) is 4.35. The first-order chi connectivity index (χ1) is 9.13. The Kier molecular flexibility index (Phi) is 4.02. The smallest absolute Gasteiger partial charge is 0.142 e. The summed E-state index contributed by atoms with van der Waals surface area (Å²) in [6.45, 7) is 1.70. The van der Waals surface area contributed by atoms with Crippen molar-refractivity contribution in [3.63, 3.8) is 0 Å². The average Bonchev–Trinajstić information content (AvgIpc) is 2.46. The number of rotatable bonds is 4. The monoisotopic (exact) mass is 258 g/mol. The van der Waals surface area contributed by atoms with Crippen molar-refractivity contribution in [2.24, 2.45) is 0 Å². The van der Waals surface area contributed by atoms with E-state index in [1.165, 1.54) is 0 Å². The average molecular weight is 258 g/mol. The van der Waals surface area contributed by atoms with Crippen LogP contribution in [0.15, 0.2) is 42.6 Å². The summed E-state index contributed by atoms with van der Waals surface area (Å²) in [7, 11) is 3.61. The molecule has 1 atom stereocenters. The molecule has 0 saturated heterocycles. The number of aromatic nitrogens is 1. The molecule has 0 amide bonds. The third kappa shape index (κ3) is 2.85. The predicted molar refractivity (Wildman–Crippen MR) is 75.9 cm³/mol. The molecule has 0 spiro atoms. The Labute approximate surface area is 113 Å². The van der Waals surface area contributed by atoms with E-state index in [2.05, 4.69) is 4.98 Å². The highest BCUT2D eigenvalue weighted by Crippen LogP contribution is 2.31. The predicted octanol–water partition coefficient (Wildman–Crippen LogP) is 2.91. The summed E-state index contributed by atoms with van der Waals surface area (Å²) >= 11 is 0. The SMILES string of the molecule is COc1ccccc1N(C)c1ccc([C@H](C)O)nc1. The molecule has 0 radical (unpaired) electrons. The molecule has 0 bridgehead atoms. The zero-order valence-corrected chi connectivity index (χ0v) is 11.4. The zero-order valence-electron chi connectivity index (χ0n) is 11.4. The van der Waals surface area contributed by atoms with Crippen LogP contribution in [0.1, 0.15) is 18.7 Å². The number of pyridine rings is 1. The Hall–Kier alpha value is -2.07. The number of anilines is 2. The molecule has 0 unspecified atom stereocenters. The number of para-hydroxylation sites is 2. The van der Waals surface area contributed by atoms with Crippen LogP contribution in [0.2, 0.25) is 0 Å². The van der Waals surface area contributed by atoms with Gasteiger partial charge in [0.15, 0.2) is 0 Å². The molecule has 0 saturated carbocycles. The fourth-order valence-electron chi connectivity index (χ4n) is 1.89.